The van der Waals surface area contributed by atoms with Gasteiger partial charge in [0.2, 0.25) is 11.8 Å². The normalized spacial score (nSPS) is 16.8. The maximum absolute atomic E-state index is 11.3. The van der Waals surface area contributed by atoms with Gasteiger partial charge in [0, 0.05) is 30.4 Å². The summed E-state index contributed by atoms with van der Waals surface area (Å²) in [7, 11) is 2.09. The number of benzene rings is 3. The van der Waals surface area contributed by atoms with Gasteiger partial charge in [0.1, 0.15) is 13.2 Å². The number of aliphatic carboxylic acids is 1. The number of anilines is 1. The molecule has 6 nitrogen and oxygen atoms in total. The maximum atomic E-state index is 11.3. The van der Waals surface area contributed by atoms with E-state index in [1.54, 1.807) is 0 Å². The van der Waals surface area contributed by atoms with Gasteiger partial charge >= 0.3 is 5.97 Å². The average Bonchev–Trinajstić information content (AvgIpc) is 3.00. The predicted octanol–water partition coefficient (Wildman–Crippen LogP) is 6.99. The molecule has 6 heteroatoms. The number of carbonyl (C=O) groups is 1. The molecule has 0 amide bonds. The fourth-order valence-corrected chi connectivity index (χ4v) is 5.09. The van der Waals surface area contributed by atoms with E-state index in [2.05, 4.69) is 36.2 Å². The molecule has 1 aliphatic rings. The molecule has 0 saturated heterocycles. The number of carboxylic acid groups (broad SMARTS) is 1. The van der Waals surface area contributed by atoms with Gasteiger partial charge in [-0.3, -0.25) is 4.79 Å². The lowest BCUT2D eigenvalue weighted by Crippen LogP contribution is -2.36. The lowest BCUT2D eigenvalue weighted by atomic mass is 9.85. The fraction of sp³-hybridized carbons (Fsp3) is 0.273. The molecule has 4 aromatic rings. The highest BCUT2D eigenvalue weighted by Gasteiger charge is 2.28. The molecule has 1 aliphatic carbocycles. The fourth-order valence-electron chi connectivity index (χ4n) is 5.09. The highest BCUT2D eigenvalue weighted by atomic mass is 16.5. The van der Waals surface area contributed by atoms with Crippen molar-refractivity contribution in [2.75, 3.05) is 11.9 Å². The molecule has 1 fully saturated rings. The first-order valence-electron chi connectivity index (χ1n) is 13.5. The molecule has 0 atom stereocenters. The van der Waals surface area contributed by atoms with E-state index in [0.29, 0.717) is 31.0 Å². The molecular formula is C33H34N2O4. The Morgan fingerprint density at radius 1 is 0.795 bits per heavy atom. The number of aromatic nitrogens is 1. The monoisotopic (exact) mass is 522 g/mol. The van der Waals surface area contributed by atoms with E-state index in [1.165, 1.54) is 0 Å². The third kappa shape index (κ3) is 6.77. The molecule has 0 aliphatic heterocycles. The number of hydrogen-bond donors (Lipinski definition) is 1. The standard InChI is InChI=1S/C33H34N2O4/c1-35(29-18-14-27(15-19-29)33(36)37)28-16-12-26(13-17-28)30-20-21-31(38-22-24-8-4-2-5-9-24)34-32(30)39-23-25-10-6-3-7-11-25/h2-13,16-17,20-21,27,29H,14-15,18-19,22-23H2,1H3,(H,36,37)/t27-,29-. The Hall–Kier alpha value is -4.32. The summed E-state index contributed by atoms with van der Waals surface area (Å²) in [5.41, 5.74) is 5.16. The van der Waals surface area contributed by atoms with E-state index in [-0.39, 0.29) is 5.92 Å². The van der Waals surface area contributed by atoms with Crippen LogP contribution in [0.1, 0.15) is 36.8 Å². The predicted molar refractivity (Wildman–Crippen MR) is 153 cm³/mol. The minimum absolute atomic E-state index is 0.210. The van der Waals surface area contributed by atoms with E-state index in [1.807, 2.05) is 72.8 Å². The summed E-state index contributed by atoms with van der Waals surface area (Å²) in [6.07, 6.45) is 3.24. The molecule has 0 bridgehead atoms. The van der Waals surface area contributed by atoms with Gasteiger partial charge < -0.3 is 19.5 Å². The molecule has 0 radical (unpaired) electrons. The number of pyridine rings is 1. The molecular weight excluding hydrogens is 488 g/mol. The summed E-state index contributed by atoms with van der Waals surface area (Å²) in [5.74, 6) is 0.158. The van der Waals surface area contributed by atoms with Crippen LogP contribution in [0.3, 0.4) is 0 Å². The average molecular weight is 523 g/mol. The van der Waals surface area contributed by atoms with Gasteiger partial charge in [0.25, 0.3) is 0 Å². The Labute approximate surface area is 229 Å². The zero-order chi connectivity index (χ0) is 27.0. The first-order chi connectivity index (χ1) is 19.1. The van der Waals surface area contributed by atoms with Crippen LogP contribution in [0, 0.1) is 5.92 Å². The second kappa shape index (κ2) is 12.5. The summed E-state index contributed by atoms with van der Waals surface area (Å²) in [5, 5.41) is 9.31. The SMILES string of the molecule is CN(c1ccc(-c2ccc(OCc3ccccc3)nc2OCc2ccccc2)cc1)[C@H]1CC[C@H](C(=O)O)CC1. The van der Waals surface area contributed by atoms with Crippen molar-refractivity contribution in [3.63, 3.8) is 0 Å². The smallest absolute Gasteiger partial charge is 0.306 e. The maximum Gasteiger partial charge on any atom is 0.306 e. The van der Waals surface area contributed by atoms with Crippen LogP contribution >= 0.6 is 0 Å². The minimum Gasteiger partial charge on any atom is -0.481 e. The lowest BCUT2D eigenvalue weighted by molar-refractivity contribution is -0.142. The Bertz CT molecular complexity index is 1350. The zero-order valence-corrected chi connectivity index (χ0v) is 22.2. The van der Waals surface area contributed by atoms with Crippen LogP contribution < -0.4 is 14.4 Å². The quantitative estimate of drug-likeness (QED) is 0.242. The van der Waals surface area contributed by atoms with Crippen LogP contribution in [0.25, 0.3) is 11.1 Å². The van der Waals surface area contributed by atoms with Crippen molar-refractivity contribution >= 4 is 11.7 Å². The first kappa shape index (κ1) is 26.3. The topological polar surface area (TPSA) is 71.9 Å². The minimum atomic E-state index is -0.671. The van der Waals surface area contributed by atoms with Crippen LogP contribution in [-0.2, 0) is 18.0 Å². The summed E-state index contributed by atoms with van der Waals surface area (Å²) < 4.78 is 12.2. The third-order valence-electron chi connectivity index (χ3n) is 7.46. The number of hydrogen-bond acceptors (Lipinski definition) is 5. The van der Waals surface area contributed by atoms with Gasteiger partial charge in [-0.05, 0) is 60.6 Å². The summed E-state index contributed by atoms with van der Waals surface area (Å²) in [6.45, 7) is 0.837. The molecule has 5 rings (SSSR count). The van der Waals surface area contributed by atoms with Crippen molar-refractivity contribution in [3.8, 4) is 22.9 Å². The van der Waals surface area contributed by atoms with Gasteiger partial charge in [-0.1, -0.05) is 72.8 Å². The first-order valence-corrected chi connectivity index (χ1v) is 13.5. The van der Waals surface area contributed by atoms with E-state index < -0.39 is 5.97 Å². The van der Waals surface area contributed by atoms with Crippen molar-refractivity contribution in [1.82, 2.24) is 4.98 Å². The molecule has 0 unspecified atom stereocenters. The summed E-state index contributed by atoms with van der Waals surface area (Å²) in [6, 6.07) is 32.7. The highest BCUT2D eigenvalue weighted by Crippen LogP contribution is 2.34. The molecule has 200 valence electrons. The summed E-state index contributed by atoms with van der Waals surface area (Å²) in [4.78, 5) is 18.3. The van der Waals surface area contributed by atoms with Crippen molar-refractivity contribution in [3.05, 3.63) is 108 Å². The van der Waals surface area contributed by atoms with Gasteiger partial charge in [-0.15, -0.1) is 0 Å². The zero-order valence-electron chi connectivity index (χ0n) is 22.2. The van der Waals surface area contributed by atoms with Gasteiger partial charge in [-0.2, -0.15) is 4.98 Å². The van der Waals surface area contributed by atoms with Crippen LogP contribution in [0.15, 0.2) is 97.1 Å². The van der Waals surface area contributed by atoms with Crippen LogP contribution in [0.2, 0.25) is 0 Å². The molecule has 0 spiro atoms. The number of nitrogens with zero attached hydrogens (tertiary/aromatic N) is 2. The lowest BCUT2D eigenvalue weighted by Gasteiger charge is -2.35. The molecule has 1 aromatic heterocycles. The van der Waals surface area contributed by atoms with Crippen LogP contribution in [0.5, 0.6) is 11.8 Å². The second-order valence-corrected chi connectivity index (χ2v) is 10.1. The van der Waals surface area contributed by atoms with Crippen molar-refractivity contribution in [2.24, 2.45) is 5.92 Å². The Kier molecular flexibility index (Phi) is 8.42. The van der Waals surface area contributed by atoms with Crippen LogP contribution in [-0.4, -0.2) is 29.1 Å². The molecule has 1 N–H and O–H groups in total. The van der Waals surface area contributed by atoms with E-state index in [9.17, 15) is 9.90 Å². The highest BCUT2D eigenvalue weighted by molar-refractivity contribution is 5.71. The summed E-state index contributed by atoms with van der Waals surface area (Å²) >= 11 is 0. The Morgan fingerprint density at radius 2 is 1.38 bits per heavy atom. The molecule has 39 heavy (non-hydrogen) atoms. The Balaban J connectivity index is 1.33. The number of carboxylic acids is 1. The molecule has 1 heterocycles. The van der Waals surface area contributed by atoms with Crippen LogP contribution in [0.4, 0.5) is 5.69 Å². The van der Waals surface area contributed by atoms with Gasteiger partial charge in [0.15, 0.2) is 0 Å². The molecule has 1 saturated carbocycles. The van der Waals surface area contributed by atoms with Crippen molar-refractivity contribution < 1.29 is 19.4 Å². The van der Waals surface area contributed by atoms with Crippen molar-refractivity contribution in [2.45, 2.75) is 44.9 Å². The Morgan fingerprint density at radius 3 is 1.97 bits per heavy atom. The van der Waals surface area contributed by atoms with Crippen molar-refractivity contribution in [1.29, 1.82) is 0 Å². The number of rotatable bonds is 10. The van der Waals surface area contributed by atoms with Gasteiger partial charge in [-0.25, -0.2) is 0 Å². The third-order valence-corrected chi connectivity index (χ3v) is 7.46. The second-order valence-electron chi connectivity index (χ2n) is 10.1. The van der Waals surface area contributed by atoms with E-state index in [0.717, 1.165) is 53.6 Å². The largest absolute Gasteiger partial charge is 0.481 e. The van der Waals surface area contributed by atoms with E-state index in [4.69, 9.17) is 14.5 Å². The number of ether oxygens (including phenoxy) is 2. The molecule has 3 aromatic carbocycles. The van der Waals surface area contributed by atoms with E-state index >= 15 is 0 Å². The van der Waals surface area contributed by atoms with Gasteiger partial charge in [0.05, 0.1) is 5.92 Å².